The average molecular weight is 367 g/mol. The van der Waals surface area contributed by atoms with Gasteiger partial charge in [-0.05, 0) is 43.5 Å². The van der Waals surface area contributed by atoms with Crippen molar-refractivity contribution in [3.63, 3.8) is 0 Å². The summed E-state index contributed by atoms with van der Waals surface area (Å²) in [6, 6.07) is 3.66. The topological polar surface area (TPSA) is 55.1 Å². The fourth-order valence-corrected chi connectivity index (χ4v) is 2.24. The summed E-state index contributed by atoms with van der Waals surface area (Å²) in [5, 5.41) is 2.33. The van der Waals surface area contributed by atoms with Crippen molar-refractivity contribution in [2.45, 2.75) is 32.4 Å². The van der Waals surface area contributed by atoms with Crippen LogP contribution in [0.5, 0.6) is 0 Å². The fourth-order valence-electron chi connectivity index (χ4n) is 1.88. The lowest BCUT2D eigenvalue weighted by molar-refractivity contribution is -0.137. The van der Waals surface area contributed by atoms with Crippen LogP contribution in [0.3, 0.4) is 0 Å². The SMILES string of the molecule is CC(CCN)CCC(=O)Nc1ccc(Br)cc1C(F)(F)F. The highest BCUT2D eigenvalue weighted by Gasteiger charge is 2.34. The summed E-state index contributed by atoms with van der Waals surface area (Å²) in [6.45, 7) is 2.49. The Kier molecular flexibility index (Phi) is 6.67. The number of anilines is 1. The lowest BCUT2D eigenvalue weighted by Crippen LogP contribution is -2.17. The molecule has 21 heavy (non-hydrogen) atoms. The van der Waals surface area contributed by atoms with Crippen LogP contribution in [0.2, 0.25) is 0 Å². The molecule has 0 bridgehead atoms. The molecule has 0 aliphatic rings. The van der Waals surface area contributed by atoms with E-state index in [2.05, 4.69) is 21.2 Å². The van der Waals surface area contributed by atoms with E-state index in [9.17, 15) is 18.0 Å². The number of carbonyl (C=O) groups is 1. The summed E-state index contributed by atoms with van der Waals surface area (Å²) in [4.78, 5) is 11.8. The van der Waals surface area contributed by atoms with Crippen molar-refractivity contribution in [2.75, 3.05) is 11.9 Å². The molecule has 3 N–H and O–H groups in total. The van der Waals surface area contributed by atoms with Gasteiger partial charge in [0.25, 0.3) is 0 Å². The average Bonchev–Trinajstić information content (AvgIpc) is 2.38. The smallest absolute Gasteiger partial charge is 0.330 e. The largest absolute Gasteiger partial charge is 0.418 e. The number of benzene rings is 1. The highest BCUT2D eigenvalue weighted by Crippen LogP contribution is 2.36. The van der Waals surface area contributed by atoms with Crippen LogP contribution in [0.4, 0.5) is 18.9 Å². The second-order valence-corrected chi connectivity index (χ2v) is 5.87. The third-order valence-corrected chi connectivity index (χ3v) is 3.58. The summed E-state index contributed by atoms with van der Waals surface area (Å²) >= 11 is 3.00. The number of nitrogens with one attached hydrogen (secondary N) is 1. The Morgan fingerprint density at radius 2 is 2.05 bits per heavy atom. The molecule has 1 amide bonds. The standard InChI is InChI=1S/C14H18BrF3N2O/c1-9(6-7-19)2-5-13(21)20-12-4-3-10(15)8-11(12)14(16,17)18/h3-4,8-9H,2,5-7,19H2,1H3,(H,20,21). The predicted molar refractivity (Wildman–Crippen MR) is 79.8 cm³/mol. The monoisotopic (exact) mass is 366 g/mol. The highest BCUT2D eigenvalue weighted by atomic mass is 79.9. The van der Waals surface area contributed by atoms with Crippen molar-refractivity contribution < 1.29 is 18.0 Å². The lowest BCUT2D eigenvalue weighted by atomic mass is 10.0. The zero-order chi connectivity index (χ0) is 16.0. The van der Waals surface area contributed by atoms with Gasteiger partial charge in [-0.25, -0.2) is 0 Å². The van der Waals surface area contributed by atoms with Gasteiger partial charge in [0.1, 0.15) is 0 Å². The summed E-state index contributed by atoms with van der Waals surface area (Å²) in [5.74, 6) is -0.153. The number of amides is 1. The molecule has 0 spiro atoms. The number of nitrogens with two attached hydrogens (primary N) is 1. The summed E-state index contributed by atoms with van der Waals surface area (Å²) in [5.41, 5.74) is 4.33. The lowest BCUT2D eigenvalue weighted by Gasteiger charge is -2.15. The van der Waals surface area contributed by atoms with E-state index in [4.69, 9.17) is 5.73 Å². The second kappa shape index (κ2) is 7.79. The van der Waals surface area contributed by atoms with Gasteiger partial charge < -0.3 is 11.1 Å². The quantitative estimate of drug-likeness (QED) is 0.793. The molecule has 0 saturated carbocycles. The molecule has 1 aromatic rings. The molecule has 0 saturated heterocycles. The predicted octanol–water partition coefficient (Wildman–Crippen LogP) is 4.17. The number of hydrogen-bond donors (Lipinski definition) is 2. The fraction of sp³-hybridized carbons (Fsp3) is 0.500. The van der Waals surface area contributed by atoms with Crippen molar-refractivity contribution in [1.29, 1.82) is 0 Å². The van der Waals surface area contributed by atoms with Crippen LogP contribution in [-0.4, -0.2) is 12.5 Å². The van der Waals surface area contributed by atoms with Crippen molar-refractivity contribution in [1.82, 2.24) is 0 Å². The molecule has 3 nitrogen and oxygen atoms in total. The molecule has 0 radical (unpaired) electrons. The van der Waals surface area contributed by atoms with Gasteiger partial charge in [-0.2, -0.15) is 13.2 Å². The maximum Gasteiger partial charge on any atom is 0.418 e. The van der Waals surface area contributed by atoms with Crippen LogP contribution in [0.1, 0.15) is 31.7 Å². The van der Waals surface area contributed by atoms with Gasteiger partial charge in [-0.3, -0.25) is 4.79 Å². The van der Waals surface area contributed by atoms with E-state index in [-0.39, 0.29) is 18.0 Å². The minimum absolute atomic E-state index is 0.175. The van der Waals surface area contributed by atoms with E-state index < -0.39 is 17.6 Å². The van der Waals surface area contributed by atoms with Gasteiger partial charge in [0, 0.05) is 10.9 Å². The first kappa shape index (κ1) is 18.0. The Balaban J connectivity index is 2.72. The van der Waals surface area contributed by atoms with Crippen LogP contribution in [0, 0.1) is 5.92 Å². The Morgan fingerprint density at radius 3 is 2.62 bits per heavy atom. The van der Waals surface area contributed by atoms with Crippen LogP contribution < -0.4 is 11.1 Å². The third kappa shape index (κ3) is 6.05. The molecule has 1 atom stereocenters. The third-order valence-electron chi connectivity index (χ3n) is 3.08. The van der Waals surface area contributed by atoms with Gasteiger partial charge in [-0.1, -0.05) is 22.9 Å². The molecule has 0 aliphatic carbocycles. The van der Waals surface area contributed by atoms with Crippen molar-refractivity contribution >= 4 is 27.5 Å². The van der Waals surface area contributed by atoms with E-state index in [1.54, 1.807) is 0 Å². The molecular formula is C14H18BrF3N2O. The minimum atomic E-state index is -4.51. The summed E-state index contributed by atoms with van der Waals surface area (Å²) in [6.07, 6.45) is -2.95. The molecule has 118 valence electrons. The van der Waals surface area contributed by atoms with Crippen LogP contribution in [0.15, 0.2) is 22.7 Å². The van der Waals surface area contributed by atoms with Gasteiger partial charge >= 0.3 is 6.18 Å². The molecule has 0 aromatic heterocycles. The summed E-state index contributed by atoms with van der Waals surface area (Å²) < 4.78 is 39.0. The van der Waals surface area contributed by atoms with E-state index in [1.807, 2.05) is 6.92 Å². The number of halogens is 4. The van der Waals surface area contributed by atoms with Gasteiger partial charge in [0.2, 0.25) is 5.91 Å². The first-order valence-electron chi connectivity index (χ1n) is 6.60. The van der Waals surface area contributed by atoms with E-state index >= 15 is 0 Å². The Bertz CT molecular complexity index is 492. The molecule has 7 heteroatoms. The van der Waals surface area contributed by atoms with Gasteiger partial charge in [0.05, 0.1) is 11.3 Å². The van der Waals surface area contributed by atoms with Crippen molar-refractivity contribution in [2.24, 2.45) is 11.7 Å². The maximum absolute atomic E-state index is 12.9. The van der Waals surface area contributed by atoms with Crippen LogP contribution in [0.25, 0.3) is 0 Å². The molecule has 1 aromatic carbocycles. The number of carbonyl (C=O) groups excluding carboxylic acids is 1. The maximum atomic E-state index is 12.9. The molecule has 0 aliphatic heterocycles. The van der Waals surface area contributed by atoms with Gasteiger partial charge in [-0.15, -0.1) is 0 Å². The van der Waals surface area contributed by atoms with Crippen molar-refractivity contribution in [3.05, 3.63) is 28.2 Å². The first-order chi connectivity index (χ1) is 9.74. The number of rotatable bonds is 6. The molecule has 0 heterocycles. The summed E-state index contributed by atoms with van der Waals surface area (Å²) in [7, 11) is 0. The Labute approximate surface area is 130 Å². The normalized spacial score (nSPS) is 13.0. The van der Waals surface area contributed by atoms with E-state index in [1.165, 1.54) is 12.1 Å². The molecule has 1 unspecified atom stereocenters. The zero-order valence-electron chi connectivity index (χ0n) is 11.6. The first-order valence-corrected chi connectivity index (χ1v) is 7.40. The molecule has 0 fully saturated rings. The number of alkyl halides is 3. The van der Waals surface area contributed by atoms with Crippen molar-refractivity contribution in [3.8, 4) is 0 Å². The second-order valence-electron chi connectivity index (χ2n) is 4.96. The molecular weight excluding hydrogens is 349 g/mol. The Morgan fingerprint density at radius 1 is 1.38 bits per heavy atom. The zero-order valence-corrected chi connectivity index (χ0v) is 13.2. The van der Waals surface area contributed by atoms with Gasteiger partial charge in [0.15, 0.2) is 0 Å². The molecule has 1 rings (SSSR count). The van der Waals surface area contributed by atoms with Crippen LogP contribution >= 0.6 is 15.9 Å². The van der Waals surface area contributed by atoms with Crippen LogP contribution in [-0.2, 0) is 11.0 Å². The van der Waals surface area contributed by atoms with E-state index in [0.29, 0.717) is 17.4 Å². The minimum Gasteiger partial charge on any atom is -0.330 e. The number of hydrogen-bond acceptors (Lipinski definition) is 2. The Hall–Kier alpha value is -1.08. The van der Waals surface area contributed by atoms with E-state index in [0.717, 1.165) is 12.5 Å². The highest BCUT2D eigenvalue weighted by molar-refractivity contribution is 9.10.